The summed E-state index contributed by atoms with van der Waals surface area (Å²) in [4.78, 5) is 43.5. The predicted molar refractivity (Wildman–Crippen MR) is 183 cm³/mol. The third kappa shape index (κ3) is 6.57. The van der Waals surface area contributed by atoms with Crippen LogP contribution in [0.15, 0.2) is 50.4 Å². The molecule has 1 saturated carbocycles. The van der Waals surface area contributed by atoms with Crippen molar-refractivity contribution in [2.45, 2.75) is 101 Å². The topological polar surface area (TPSA) is 205 Å². The molecule has 8 atom stereocenters. The SMILES string of the molecule is Cc1cc(=O)c2cc3c(c([NH+]4C=C5C=CN=C5C4)c2o1)OC(C)(CCC1CNC(=O)C12CCCCC2)C(OOCC(O)C(O)C(O)C(O)CO)C3. The van der Waals surface area contributed by atoms with Gasteiger partial charge in [-0.25, -0.2) is 9.78 Å². The van der Waals surface area contributed by atoms with Crippen LogP contribution in [0.2, 0.25) is 0 Å². The summed E-state index contributed by atoms with van der Waals surface area (Å²) < 4.78 is 13.3. The van der Waals surface area contributed by atoms with Gasteiger partial charge in [0.25, 0.3) is 0 Å². The molecule has 0 radical (unpaired) electrons. The maximum absolute atomic E-state index is 13.4. The van der Waals surface area contributed by atoms with Gasteiger partial charge in [0.05, 0.1) is 23.0 Å². The maximum atomic E-state index is 13.4. The van der Waals surface area contributed by atoms with E-state index in [-0.39, 0.29) is 23.7 Å². The van der Waals surface area contributed by atoms with Crippen LogP contribution >= 0.6 is 0 Å². The van der Waals surface area contributed by atoms with E-state index in [0.717, 1.165) is 48.3 Å². The number of benzene rings is 1. The average Bonchev–Trinajstić information content (AvgIpc) is 3.81. The number of allylic oxidation sites excluding steroid dienone is 1. The van der Waals surface area contributed by atoms with Gasteiger partial charge in [0.15, 0.2) is 11.2 Å². The summed E-state index contributed by atoms with van der Waals surface area (Å²) in [6.45, 7) is 3.41. The molecular weight excluding hydrogens is 662 g/mol. The first-order valence-electron chi connectivity index (χ1n) is 17.9. The standard InChI is InChI=1S/C37H47N3O11/c1-20-12-26(42)24-13-22-14-29(51-48-19-28(44)32(46)31(45)27(43)18-41)36(2,10-6-23-15-39-35(47)37(23)8-4-3-5-9-37)50-33(22)30(34(24)49-20)40-16-21-7-11-38-25(21)17-40/h7,11-13,16,23,27-29,31-32,41,43-46H,3-6,8-10,14-15,17-19H2,1-2H3,(H,39,47)/p+1. The summed E-state index contributed by atoms with van der Waals surface area (Å²) >= 11 is 0. The molecule has 1 amide bonds. The fraction of sp³-hybridized carbons (Fsp3) is 0.595. The minimum Gasteiger partial charge on any atom is -0.478 e. The minimum absolute atomic E-state index is 0.0972. The van der Waals surface area contributed by atoms with Crippen molar-refractivity contribution in [1.82, 2.24) is 5.32 Å². The molecule has 14 nitrogen and oxygen atoms in total. The molecule has 2 aromatic rings. The molecule has 1 aliphatic carbocycles. The number of quaternary nitrogens is 1. The van der Waals surface area contributed by atoms with Gasteiger partial charge in [-0.3, -0.25) is 19.5 Å². The molecule has 2 fully saturated rings. The lowest BCUT2D eigenvalue weighted by molar-refractivity contribution is -0.759. The van der Waals surface area contributed by atoms with Gasteiger partial charge in [0.1, 0.15) is 66.9 Å². The van der Waals surface area contributed by atoms with Crippen molar-refractivity contribution in [3.05, 3.63) is 57.7 Å². The number of aliphatic hydroxyl groups excluding tert-OH is 5. The number of carbonyl (C=O) groups is 1. The van der Waals surface area contributed by atoms with Crippen molar-refractivity contribution in [3.63, 3.8) is 0 Å². The third-order valence-electron chi connectivity index (χ3n) is 11.6. The average molecular weight is 711 g/mol. The normalized spacial score (nSPS) is 28.8. The second kappa shape index (κ2) is 14.2. The Bertz CT molecular complexity index is 1810. The molecule has 5 heterocycles. The van der Waals surface area contributed by atoms with Crippen molar-refractivity contribution in [1.29, 1.82) is 0 Å². The Kier molecular flexibility index (Phi) is 9.97. The lowest BCUT2D eigenvalue weighted by Gasteiger charge is -2.43. The molecule has 276 valence electrons. The van der Waals surface area contributed by atoms with E-state index in [0.29, 0.717) is 59.7 Å². The summed E-state index contributed by atoms with van der Waals surface area (Å²) in [5, 5.41) is 53.3. The first kappa shape index (κ1) is 35.9. The Labute approximate surface area is 294 Å². The summed E-state index contributed by atoms with van der Waals surface area (Å²) in [5.74, 6) is 1.26. The largest absolute Gasteiger partial charge is 0.478 e. The second-order valence-electron chi connectivity index (χ2n) is 15.0. The smallest absolute Gasteiger partial charge is 0.226 e. The van der Waals surface area contributed by atoms with Crippen LogP contribution in [0.4, 0.5) is 5.69 Å². The molecule has 7 rings (SSSR count). The zero-order chi connectivity index (χ0) is 36.1. The van der Waals surface area contributed by atoms with Gasteiger partial charge in [-0.1, -0.05) is 19.3 Å². The van der Waals surface area contributed by atoms with Crippen LogP contribution in [0, 0.1) is 18.3 Å². The summed E-state index contributed by atoms with van der Waals surface area (Å²) in [6.07, 6.45) is 4.28. The van der Waals surface area contributed by atoms with Crippen molar-refractivity contribution in [2.24, 2.45) is 16.3 Å². The fourth-order valence-corrected chi connectivity index (χ4v) is 8.59. The molecule has 8 unspecified atom stereocenters. The molecule has 51 heavy (non-hydrogen) atoms. The Morgan fingerprint density at radius 1 is 1.10 bits per heavy atom. The number of rotatable bonds is 12. The summed E-state index contributed by atoms with van der Waals surface area (Å²) in [6, 6.07) is 3.22. The Balaban J connectivity index is 1.22. The van der Waals surface area contributed by atoms with Crippen LogP contribution in [-0.2, 0) is 21.0 Å². The van der Waals surface area contributed by atoms with E-state index >= 15 is 0 Å². The van der Waals surface area contributed by atoms with Crippen LogP contribution in [0.1, 0.15) is 63.2 Å². The van der Waals surface area contributed by atoms with Gasteiger partial charge in [0.2, 0.25) is 17.2 Å². The van der Waals surface area contributed by atoms with Crippen molar-refractivity contribution < 1.29 is 54.2 Å². The van der Waals surface area contributed by atoms with E-state index in [1.807, 2.05) is 19.2 Å². The van der Waals surface area contributed by atoms with E-state index in [1.54, 1.807) is 19.2 Å². The molecule has 5 aliphatic rings. The van der Waals surface area contributed by atoms with Crippen LogP contribution in [0.3, 0.4) is 0 Å². The highest BCUT2D eigenvalue weighted by molar-refractivity contribution is 6.07. The van der Waals surface area contributed by atoms with Gasteiger partial charge in [-0.15, -0.1) is 0 Å². The van der Waals surface area contributed by atoms with Crippen molar-refractivity contribution in [2.75, 3.05) is 26.3 Å². The number of fused-ring (bicyclic) bond motifs is 3. The number of nitrogens with one attached hydrogen (secondary N) is 2. The highest BCUT2D eigenvalue weighted by Crippen LogP contribution is 2.50. The third-order valence-corrected chi connectivity index (χ3v) is 11.6. The fourth-order valence-electron chi connectivity index (χ4n) is 8.59. The number of carbonyl (C=O) groups excluding carboxylic acids is 1. The number of hydrogen-bond donors (Lipinski definition) is 7. The number of nitrogens with zero attached hydrogens (tertiary/aromatic N) is 1. The minimum atomic E-state index is -1.82. The number of aryl methyl sites for hydroxylation is 1. The van der Waals surface area contributed by atoms with E-state index < -0.39 is 54.7 Å². The quantitative estimate of drug-likeness (QED) is 0.119. The van der Waals surface area contributed by atoms with Crippen LogP contribution in [0.25, 0.3) is 11.0 Å². The van der Waals surface area contributed by atoms with Gasteiger partial charge in [-0.2, -0.15) is 0 Å². The highest BCUT2D eigenvalue weighted by atomic mass is 17.2. The summed E-state index contributed by atoms with van der Waals surface area (Å²) in [5.41, 5.74) is 2.10. The van der Waals surface area contributed by atoms with Gasteiger partial charge in [0, 0.05) is 30.8 Å². The van der Waals surface area contributed by atoms with Gasteiger partial charge in [-0.05, 0) is 57.6 Å². The lowest BCUT2D eigenvalue weighted by atomic mass is 9.65. The van der Waals surface area contributed by atoms with E-state index in [9.17, 15) is 30.0 Å². The van der Waals surface area contributed by atoms with Crippen molar-refractivity contribution in [3.8, 4) is 5.75 Å². The van der Waals surface area contributed by atoms with Crippen LogP contribution in [0.5, 0.6) is 5.75 Å². The van der Waals surface area contributed by atoms with Crippen molar-refractivity contribution >= 4 is 28.3 Å². The molecule has 1 aromatic heterocycles. The molecule has 1 spiro atoms. The van der Waals surface area contributed by atoms with Crippen LogP contribution < -0.4 is 20.4 Å². The molecule has 1 aromatic carbocycles. The molecule has 14 heteroatoms. The Morgan fingerprint density at radius 2 is 1.86 bits per heavy atom. The molecule has 0 bridgehead atoms. The van der Waals surface area contributed by atoms with Crippen LogP contribution in [-0.4, -0.2) is 99.6 Å². The van der Waals surface area contributed by atoms with Gasteiger partial charge < -0.3 is 40.0 Å². The lowest BCUT2D eigenvalue weighted by Crippen LogP contribution is -3.01. The van der Waals surface area contributed by atoms with E-state index in [1.165, 1.54) is 6.07 Å². The number of amides is 1. The summed E-state index contributed by atoms with van der Waals surface area (Å²) in [7, 11) is 0. The molecule has 1 saturated heterocycles. The van der Waals surface area contributed by atoms with E-state index in [2.05, 4.69) is 10.3 Å². The first-order valence-corrected chi connectivity index (χ1v) is 17.9. The number of aliphatic imine (C=N–C) groups is 1. The monoisotopic (exact) mass is 710 g/mol. The Hall–Kier alpha value is -3.47. The number of hydrogen-bond acceptors (Lipinski definition) is 12. The molecule has 4 aliphatic heterocycles. The zero-order valence-electron chi connectivity index (χ0n) is 29.0. The number of ether oxygens (including phenoxy) is 1. The predicted octanol–water partition coefficient (Wildman–Crippen LogP) is 0.407. The highest BCUT2D eigenvalue weighted by Gasteiger charge is 2.52. The molecule has 7 N–H and O–H groups in total. The Morgan fingerprint density at radius 3 is 2.61 bits per heavy atom. The number of aliphatic hydroxyl groups is 5. The molecular formula is C37H48N3O11+. The second-order valence-corrected chi connectivity index (χ2v) is 15.0. The maximum Gasteiger partial charge on any atom is 0.226 e. The zero-order valence-corrected chi connectivity index (χ0v) is 29.0. The van der Waals surface area contributed by atoms with E-state index in [4.69, 9.17) is 24.0 Å². The first-order chi connectivity index (χ1) is 24.4. The van der Waals surface area contributed by atoms with Gasteiger partial charge >= 0.3 is 0 Å².